The maximum Gasteiger partial charge on any atom is 0.352 e. The number of hydrogen-bond donors (Lipinski definition) is 4. The number of hydrogen-bond acceptors (Lipinski definition) is 4. The first-order valence-electron chi connectivity index (χ1n) is 9.97. The van der Waals surface area contributed by atoms with Crippen molar-refractivity contribution in [2.45, 2.75) is 26.9 Å². The van der Waals surface area contributed by atoms with E-state index in [1.807, 2.05) is 19.9 Å². The summed E-state index contributed by atoms with van der Waals surface area (Å²) in [5.41, 5.74) is 3.67. The molecule has 0 aliphatic rings. The largest absolute Gasteiger partial charge is 0.508 e. The molecule has 0 amide bonds. The quantitative estimate of drug-likeness (QED) is 0.331. The van der Waals surface area contributed by atoms with Crippen LogP contribution in [0.15, 0.2) is 48.5 Å². The molecule has 0 aliphatic heterocycles. The third kappa shape index (κ3) is 3.67. The number of aromatic amines is 1. The molecule has 0 saturated carbocycles. The maximum atomic E-state index is 13.2. The van der Waals surface area contributed by atoms with Gasteiger partial charge in [-0.2, -0.15) is 0 Å². The number of aliphatic hydroxyl groups is 1. The molecular formula is C25H22FNO5. The average Bonchev–Trinajstić information content (AvgIpc) is 3.08. The van der Waals surface area contributed by atoms with Crippen LogP contribution in [0.1, 0.15) is 44.4 Å². The molecule has 1 unspecified atom stereocenters. The van der Waals surface area contributed by atoms with Crippen molar-refractivity contribution in [1.29, 1.82) is 0 Å². The normalized spacial score (nSPS) is 12.2. The van der Waals surface area contributed by atoms with Gasteiger partial charge >= 0.3 is 5.97 Å². The van der Waals surface area contributed by atoms with Gasteiger partial charge in [0.2, 0.25) is 0 Å². The number of aromatic nitrogens is 1. The zero-order chi connectivity index (χ0) is 23.2. The lowest BCUT2D eigenvalue weighted by atomic mass is 10.00. The monoisotopic (exact) mass is 435 g/mol. The first-order chi connectivity index (χ1) is 15.2. The van der Waals surface area contributed by atoms with Crippen LogP contribution in [-0.4, -0.2) is 26.3 Å². The highest BCUT2D eigenvalue weighted by molar-refractivity contribution is 5.99. The smallest absolute Gasteiger partial charge is 0.352 e. The molecule has 0 saturated heterocycles. The van der Waals surface area contributed by atoms with E-state index in [1.54, 1.807) is 13.0 Å². The Kier molecular flexibility index (Phi) is 5.36. The Morgan fingerprint density at radius 3 is 2.38 bits per heavy atom. The zero-order valence-electron chi connectivity index (χ0n) is 17.7. The maximum absolute atomic E-state index is 13.2. The predicted molar refractivity (Wildman–Crippen MR) is 118 cm³/mol. The first-order valence-corrected chi connectivity index (χ1v) is 9.97. The molecule has 4 rings (SSSR count). The third-order valence-corrected chi connectivity index (χ3v) is 5.63. The van der Waals surface area contributed by atoms with Crippen molar-refractivity contribution in [2.24, 2.45) is 0 Å². The Morgan fingerprint density at radius 2 is 1.72 bits per heavy atom. The summed E-state index contributed by atoms with van der Waals surface area (Å²) in [7, 11) is 0. The van der Waals surface area contributed by atoms with E-state index in [0.717, 1.165) is 16.5 Å². The second-order valence-corrected chi connectivity index (χ2v) is 7.78. The molecule has 1 aromatic heterocycles. The minimum absolute atomic E-state index is 0.120. The molecule has 0 fully saturated rings. The molecule has 4 N–H and O–H groups in total. The van der Waals surface area contributed by atoms with E-state index in [2.05, 4.69) is 4.98 Å². The number of H-pyrrole nitrogens is 1. The number of rotatable bonds is 5. The van der Waals surface area contributed by atoms with E-state index >= 15 is 0 Å². The van der Waals surface area contributed by atoms with Crippen LogP contribution in [0.5, 0.6) is 17.2 Å². The summed E-state index contributed by atoms with van der Waals surface area (Å²) in [6.07, 6.45) is -1.17. The van der Waals surface area contributed by atoms with Crippen molar-refractivity contribution < 1.29 is 29.2 Å². The van der Waals surface area contributed by atoms with Gasteiger partial charge in [-0.3, -0.25) is 0 Å². The number of carboxylic acids is 1. The van der Waals surface area contributed by atoms with E-state index < -0.39 is 17.9 Å². The van der Waals surface area contributed by atoms with Crippen LogP contribution in [0.3, 0.4) is 0 Å². The van der Waals surface area contributed by atoms with Gasteiger partial charge in [-0.25, -0.2) is 9.18 Å². The molecule has 1 heterocycles. The van der Waals surface area contributed by atoms with Gasteiger partial charge in [0.1, 0.15) is 34.9 Å². The number of carbonyl (C=O) groups is 1. The summed E-state index contributed by atoms with van der Waals surface area (Å²) in [6, 6.07) is 11.7. The number of halogens is 1. The summed E-state index contributed by atoms with van der Waals surface area (Å²) < 4.78 is 19.3. The van der Waals surface area contributed by atoms with E-state index in [9.17, 15) is 24.5 Å². The van der Waals surface area contributed by atoms with Crippen LogP contribution in [0.4, 0.5) is 4.39 Å². The minimum atomic E-state index is -1.17. The molecule has 0 bridgehead atoms. The molecule has 3 aromatic carbocycles. The average molecular weight is 435 g/mol. The number of nitrogens with one attached hydrogen (secondary N) is 1. The topological polar surface area (TPSA) is 103 Å². The Labute approximate surface area is 183 Å². The van der Waals surface area contributed by atoms with Gasteiger partial charge in [-0.15, -0.1) is 0 Å². The fourth-order valence-electron chi connectivity index (χ4n) is 4.03. The number of phenolic OH excluding ortho intramolecular Hbond substituents is 1. The first kappa shape index (κ1) is 21.4. The summed E-state index contributed by atoms with van der Waals surface area (Å²) in [5, 5.41) is 31.2. The summed E-state index contributed by atoms with van der Waals surface area (Å²) in [6.45, 7) is 5.45. The fraction of sp³-hybridized carbons (Fsp3) is 0.160. The molecule has 0 radical (unpaired) electrons. The number of aliphatic hydroxyl groups excluding tert-OH is 1. The Bertz CT molecular complexity index is 1340. The van der Waals surface area contributed by atoms with Gasteiger partial charge in [0.25, 0.3) is 0 Å². The van der Waals surface area contributed by atoms with Crippen LogP contribution >= 0.6 is 0 Å². The molecular weight excluding hydrogens is 413 g/mol. The second-order valence-electron chi connectivity index (χ2n) is 7.78. The lowest BCUT2D eigenvalue weighted by molar-refractivity contribution is 0.0690. The number of carboxylic acid groups (broad SMARTS) is 1. The standard InChI is InChI=1S/C25H22FNO5/c1-12-10-19-21(13(2)22(27-19)25(30)31)14(3)24(12)32-17-8-9-20(28)18(11-17)23(29)15-4-6-16(26)7-5-15/h4-11,23,27-29H,1-3H3,(H,30,31). The fourth-order valence-corrected chi connectivity index (χ4v) is 4.03. The number of aryl methyl sites for hydroxylation is 3. The zero-order valence-corrected chi connectivity index (χ0v) is 17.7. The Hall–Kier alpha value is -3.84. The predicted octanol–water partition coefficient (Wildman–Crippen LogP) is 5.51. The molecule has 164 valence electrons. The van der Waals surface area contributed by atoms with E-state index in [1.165, 1.54) is 36.4 Å². The molecule has 7 heteroatoms. The van der Waals surface area contributed by atoms with Gasteiger partial charge in [-0.05, 0) is 73.9 Å². The lowest BCUT2D eigenvalue weighted by Gasteiger charge is -2.17. The van der Waals surface area contributed by atoms with Crippen molar-refractivity contribution in [3.05, 3.63) is 87.9 Å². The van der Waals surface area contributed by atoms with Crippen LogP contribution < -0.4 is 4.74 Å². The van der Waals surface area contributed by atoms with E-state index in [4.69, 9.17) is 4.74 Å². The van der Waals surface area contributed by atoms with Gasteiger partial charge in [0, 0.05) is 22.0 Å². The summed E-state index contributed by atoms with van der Waals surface area (Å²) >= 11 is 0. The molecule has 6 nitrogen and oxygen atoms in total. The summed E-state index contributed by atoms with van der Waals surface area (Å²) in [4.78, 5) is 14.4. The summed E-state index contributed by atoms with van der Waals surface area (Å²) in [5.74, 6) is -0.628. The molecule has 1 atom stereocenters. The van der Waals surface area contributed by atoms with Crippen molar-refractivity contribution in [2.75, 3.05) is 0 Å². The van der Waals surface area contributed by atoms with Gasteiger partial charge in [0.05, 0.1) is 0 Å². The van der Waals surface area contributed by atoms with Crippen LogP contribution in [0.25, 0.3) is 10.9 Å². The molecule has 32 heavy (non-hydrogen) atoms. The van der Waals surface area contributed by atoms with Crippen LogP contribution in [0, 0.1) is 26.6 Å². The second kappa shape index (κ2) is 8.01. The SMILES string of the molecule is Cc1cc2[nH]c(C(=O)O)c(C)c2c(C)c1Oc1ccc(O)c(C(O)c2ccc(F)cc2)c1. The lowest BCUT2D eigenvalue weighted by Crippen LogP contribution is -2.01. The van der Waals surface area contributed by atoms with Crippen molar-refractivity contribution >= 4 is 16.9 Å². The third-order valence-electron chi connectivity index (χ3n) is 5.63. The Balaban J connectivity index is 1.74. The minimum Gasteiger partial charge on any atom is -0.508 e. The number of aromatic carboxylic acids is 1. The van der Waals surface area contributed by atoms with Gasteiger partial charge in [0.15, 0.2) is 0 Å². The number of phenols is 1. The van der Waals surface area contributed by atoms with Gasteiger partial charge < -0.3 is 25.0 Å². The number of benzene rings is 3. The number of ether oxygens (including phenoxy) is 1. The van der Waals surface area contributed by atoms with E-state index in [0.29, 0.717) is 28.1 Å². The highest BCUT2D eigenvalue weighted by Gasteiger charge is 2.20. The van der Waals surface area contributed by atoms with Crippen LogP contribution in [-0.2, 0) is 0 Å². The molecule has 4 aromatic rings. The highest BCUT2D eigenvalue weighted by atomic mass is 19.1. The number of aromatic hydroxyl groups is 1. The molecule has 0 spiro atoms. The van der Waals surface area contributed by atoms with E-state index in [-0.39, 0.29) is 17.0 Å². The van der Waals surface area contributed by atoms with Crippen molar-refractivity contribution in [3.8, 4) is 17.2 Å². The van der Waals surface area contributed by atoms with Crippen molar-refractivity contribution in [3.63, 3.8) is 0 Å². The van der Waals surface area contributed by atoms with Gasteiger partial charge in [-0.1, -0.05) is 12.1 Å². The van der Waals surface area contributed by atoms with Crippen LogP contribution in [0.2, 0.25) is 0 Å². The number of fused-ring (bicyclic) bond motifs is 1. The van der Waals surface area contributed by atoms with Crippen molar-refractivity contribution in [1.82, 2.24) is 4.98 Å². The molecule has 0 aliphatic carbocycles. The highest BCUT2D eigenvalue weighted by Crippen LogP contribution is 2.39. The Morgan fingerprint density at radius 1 is 1.03 bits per heavy atom.